The monoisotopic (exact) mass is 359 g/mol. The highest BCUT2D eigenvalue weighted by Gasteiger charge is 2.28. The Balaban J connectivity index is 1.94. The molecule has 0 bridgehead atoms. The number of hydrogen-bond donors (Lipinski definition) is 0. The molecule has 0 spiro atoms. The van der Waals surface area contributed by atoms with Gasteiger partial charge in [-0.3, -0.25) is 0 Å². The highest BCUT2D eigenvalue weighted by atomic mass is 127. The van der Waals surface area contributed by atoms with Crippen LogP contribution < -0.4 is 4.74 Å². The predicted molar refractivity (Wildman–Crippen MR) is 77.7 cm³/mol. The first-order chi connectivity index (χ1) is 8.58. The molecule has 1 atom stereocenters. The molecule has 0 saturated carbocycles. The van der Waals surface area contributed by atoms with Gasteiger partial charge in [0.05, 0.1) is 10.1 Å². The second-order valence-corrected chi connectivity index (χ2v) is 5.67. The summed E-state index contributed by atoms with van der Waals surface area (Å²) in [5, 5.41) is 0. The number of hydrogen-bond acceptors (Lipinski definition) is 2. The zero-order valence-electron chi connectivity index (χ0n) is 10.5. The van der Waals surface area contributed by atoms with Gasteiger partial charge in [-0.15, -0.1) is 0 Å². The summed E-state index contributed by atoms with van der Waals surface area (Å²) in [6, 6.07) is 8.72. The van der Waals surface area contributed by atoms with Crippen molar-refractivity contribution >= 4 is 28.6 Å². The van der Waals surface area contributed by atoms with Crippen LogP contribution in [0.3, 0.4) is 0 Å². The van der Waals surface area contributed by atoms with Crippen LogP contribution in [0.5, 0.6) is 5.75 Å². The topological polar surface area (TPSA) is 32.8 Å². The first kappa shape index (κ1) is 13.5. The van der Waals surface area contributed by atoms with Crippen LogP contribution >= 0.6 is 22.6 Å². The molecule has 0 aromatic heterocycles. The quantitative estimate of drug-likeness (QED) is 0.759. The number of likely N-dealkylation sites (tertiary alicyclic amines) is 1. The van der Waals surface area contributed by atoms with E-state index in [-0.39, 0.29) is 12.1 Å². The van der Waals surface area contributed by atoms with E-state index in [2.05, 4.69) is 28.7 Å². The Bertz CT molecular complexity index is 437. The predicted octanol–water partition coefficient (Wildman–Crippen LogP) is 2.23. The lowest BCUT2D eigenvalue weighted by molar-refractivity contribution is 0.167. The zero-order valence-corrected chi connectivity index (χ0v) is 12.7. The highest BCUT2D eigenvalue weighted by molar-refractivity contribution is 14.1. The lowest BCUT2D eigenvalue weighted by Gasteiger charge is -2.21. The van der Waals surface area contributed by atoms with Crippen molar-refractivity contribution in [1.82, 2.24) is 9.80 Å². The van der Waals surface area contributed by atoms with Crippen molar-refractivity contribution in [1.29, 1.82) is 0 Å². The number of ether oxygens (including phenoxy) is 1. The van der Waals surface area contributed by atoms with Gasteiger partial charge in [-0.1, -0.05) is 6.07 Å². The van der Waals surface area contributed by atoms with Gasteiger partial charge in [0, 0.05) is 27.1 Å². The fraction of sp³-hybridized carbons (Fsp3) is 0.462. The van der Waals surface area contributed by atoms with Crippen molar-refractivity contribution in [2.45, 2.75) is 12.5 Å². The summed E-state index contributed by atoms with van der Waals surface area (Å²) in [4.78, 5) is 15.2. The number of carbonyl (C=O) groups excluding carboxylic acids is 1. The molecule has 4 nitrogen and oxygen atoms in total. The summed E-state index contributed by atoms with van der Waals surface area (Å²) >= 11 is 2.23. The summed E-state index contributed by atoms with van der Waals surface area (Å²) in [5.74, 6) is 0.874. The lowest BCUT2D eigenvalue weighted by atomic mass is 10.3. The van der Waals surface area contributed by atoms with Crippen LogP contribution in [0.15, 0.2) is 18.2 Å². The molecular weight excluding hydrogens is 343 g/mol. The first-order valence-electron chi connectivity index (χ1n) is 5.86. The molecule has 1 fully saturated rings. The minimum absolute atomic E-state index is 0.0530. The number of carbonyl (C=O) groups is 1. The van der Waals surface area contributed by atoms with Crippen LogP contribution in [-0.2, 0) is 0 Å². The molecule has 0 aliphatic carbocycles. The van der Waals surface area contributed by atoms with Crippen molar-refractivity contribution in [3.05, 3.63) is 27.8 Å². The van der Waals surface area contributed by atoms with Crippen molar-refractivity contribution in [2.75, 3.05) is 27.2 Å². The largest absolute Gasteiger partial charge is 0.487 e. The van der Waals surface area contributed by atoms with E-state index >= 15 is 0 Å². The van der Waals surface area contributed by atoms with Crippen molar-refractivity contribution in [3.8, 4) is 5.75 Å². The maximum atomic E-state index is 11.8. The molecule has 2 rings (SSSR count). The summed E-state index contributed by atoms with van der Waals surface area (Å²) in [7, 11) is 3.54. The number of halogens is 1. The lowest BCUT2D eigenvalue weighted by Crippen LogP contribution is -2.38. The molecule has 1 radical (unpaired) electrons. The van der Waals surface area contributed by atoms with Gasteiger partial charge in [0.25, 0.3) is 0 Å². The summed E-state index contributed by atoms with van der Waals surface area (Å²) in [6.07, 6.45) is 0.971. The SMILES string of the molecule is CN(C)C(=O)N1CCC(Oc2cc[c]cc2I)C1. The number of amides is 2. The van der Waals surface area contributed by atoms with Gasteiger partial charge >= 0.3 is 6.03 Å². The third kappa shape index (κ3) is 3.07. The number of rotatable bonds is 2. The maximum Gasteiger partial charge on any atom is 0.319 e. The van der Waals surface area contributed by atoms with E-state index < -0.39 is 0 Å². The molecule has 97 valence electrons. The van der Waals surface area contributed by atoms with Gasteiger partial charge in [-0.2, -0.15) is 0 Å². The Morgan fingerprint density at radius 2 is 2.39 bits per heavy atom. The van der Waals surface area contributed by atoms with Crippen LogP contribution in [0.4, 0.5) is 4.79 Å². The first-order valence-corrected chi connectivity index (χ1v) is 6.94. The van der Waals surface area contributed by atoms with Crippen LogP contribution in [0.1, 0.15) is 6.42 Å². The number of nitrogens with zero attached hydrogens (tertiary/aromatic N) is 2. The van der Waals surface area contributed by atoms with E-state index in [0.717, 1.165) is 22.3 Å². The van der Waals surface area contributed by atoms with E-state index in [1.807, 2.05) is 23.1 Å². The Labute approximate surface area is 121 Å². The van der Waals surface area contributed by atoms with E-state index in [4.69, 9.17) is 4.74 Å². The van der Waals surface area contributed by atoms with Crippen molar-refractivity contribution in [3.63, 3.8) is 0 Å². The van der Waals surface area contributed by atoms with E-state index in [9.17, 15) is 4.79 Å². The van der Waals surface area contributed by atoms with Gasteiger partial charge in [-0.25, -0.2) is 4.79 Å². The maximum absolute atomic E-state index is 11.8. The molecule has 1 unspecified atom stereocenters. The van der Waals surface area contributed by atoms with Crippen molar-refractivity contribution < 1.29 is 9.53 Å². The Morgan fingerprint density at radius 1 is 1.61 bits per heavy atom. The second kappa shape index (κ2) is 5.77. The fourth-order valence-corrected chi connectivity index (χ4v) is 2.44. The zero-order chi connectivity index (χ0) is 13.1. The van der Waals surface area contributed by atoms with Crippen LogP contribution in [-0.4, -0.2) is 49.1 Å². The summed E-state index contributed by atoms with van der Waals surface area (Å²) in [6.45, 7) is 1.42. The molecule has 1 aliphatic rings. The van der Waals surface area contributed by atoms with Gasteiger partial charge in [0.15, 0.2) is 0 Å². The normalized spacial score (nSPS) is 18.8. The minimum Gasteiger partial charge on any atom is -0.487 e. The van der Waals surface area contributed by atoms with Gasteiger partial charge in [0.2, 0.25) is 0 Å². The minimum atomic E-state index is 0.0530. The molecule has 1 saturated heterocycles. The van der Waals surface area contributed by atoms with Gasteiger partial charge < -0.3 is 14.5 Å². The molecule has 2 amide bonds. The molecule has 0 N–H and O–H groups in total. The molecule has 5 heteroatoms. The van der Waals surface area contributed by atoms with E-state index in [0.29, 0.717) is 6.54 Å². The number of urea groups is 1. The molecule has 18 heavy (non-hydrogen) atoms. The smallest absolute Gasteiger partial charge is 0.319 e. The van der Waals surface area contributed by atoms with Gasteiger partial charge in [0.1, 0.15) is 11.9 Å². The Hall–Kier alpha value is -0.980. The molecule has 1 aromatic carbocycles. The summed E-state index contributed by atoms with van der Waals surface area (Å²) in [5.41, 5.74) is 0. The highest BCUT2D eigenvalue weighted by Crippen LogP contribution is 2.23. The fourth-order valence-electron chi connectivity index (χ4n) is 1.95. The third-order valence-corrected chi connectivity index (χ3v) is 3.71. The third-order valence-electron chi connectivity index (χ3n) is 2.87. The molecular formula is C13H16IN2O2. The number of benzene rings is 1. The molecule has 1 aliphatic heterocycles. The van der Waals surface area contributed by atoms with E-state index in [1.54, 1.807) is 19.0 Å². The Morgan fingerprint density at radius 3 is 3.06 bits per heavy atom. The second-order valence-electron chi connectivity index (χ2n) is 4.51. The average molecular weight is 359 g/mol. The van der Waals surface area contributed by atoms with E-state index in [1.165, 1.54) is 0 Å². The summed E-state index contributed by atoms with van der Waals surface area (Å²) < 4.78 is 6.97. The molecule has 1 aromatic rings. The van der Waals surface area contributed by atoms with Crippen molar-refractivity contribution in [2.24, 2.45) is 0 Å². The molecule has 1 heterocycles. The van der Waals surface area contributed by atoms with Crippen LogP contribution in [0.2, 0.25) is 0 Å². The Kier molecular flexibility index (Phi) is 4.31. The van der Waals surface area contributed by atoms with Gasteiger partial charge in [-0.05, 0) is 40.8 Å². The average Bonchev–Trinajstić information content (AvgIpc) is 2.79. The standard InChI is InChI=1S/C13H16IN2O2/c1-15(2)13(17)16-8-7-10(9-16)18-12-6-4-3-5-11(12)14/h4-6,10H,7-9H2,1-2H3. The van der Waals surface area contributed by atoms with Crippen LogP contribution in [0.25, 0.3) is 0 Å². The van der Waals surface area contributed by atoms with Crippen LogP contribution in [0, 0.1) is 9.64 Å².